The first-order valence-corrected chi connectivity index (χ1v) is 8.80. The molecule has 3 rings (SSSR count). The number of aromatic nitrogens is 2. The molecular formula is C19H25N3O3. The van der Waals surface area contributed by atoms with Crippen LogP contribution in [0.15, 0.2) is 28.8 Å². The van der Waals surface area contributed by atoms with Crippen molar-refractivity contribution in [2.24, 2.45) is 11.8 Å². The van der Waals surface area contributed by atoms with Gasteiger partial charge >= 0.3 is 0 Å². The molecule has 1 unspecified atom stereocenters. The van der Waals surface area contributed by atoms with E-state index in [0.29, 0.717) is 43.6 Å². The van der Waals surface area contributed by atoms with E-state index in [1.54, 1.807) is 11.9 Å². The summed E-state index contributed by atoms with van der Waals surface area (Å²) < 4.78 is 11.0. The van der Waals surface area contributed by atoms with E-state index < -0.39 is 0 Å². The van der Waals surface area contributed by atoms with Crippen molar-refractivity contribution < 1.29 is 14.1 Å². The summed E-state index contributed by atoms with van der Waals surface area (Å²) in [5.74, 6) is 2.53. The minimum Gasteiger partial charge on any atom is -0.493 e. The van der Waals surface area contributed by atoms with Crippen LogP contribution in [-0.4, -0.2) is 34.6 Å². The summed E-state index contributed by atoms with van der Waals surface area (Å²) in [4.78, 5) is 18.9. The SMILES string of the molecule is CC(C)Cc1nc(CN(C)C(=O)C2CCOc3ccccc3C2)no1. The predicted molar refractivity (Wildman–Crippen MR) is 93.1 cm³/mol. The average molecular weight is 343 g/mol. The highest BCUT2D eigenvalue weighted by molar-refractivity contribution is 5.79. The van der Waals surface area contributed by atoms with Gasteiger partial charge in [-0.1, -0.05) is 37.2 Å². The lowest BCUT2D eigenvalue weighted by Gasteiger charge is -2.21. The van der Waals surface area contributed by atoms with Crippen molar-refractivity contribution in [3.63, 3.8) is 0 Å². The van der Waals surface area contributed by atoms with Crippen LogP contribution in [-0.2, 0) is 24.2 Å². The van der Waals surface area contributed by atoms with Crippen molar-refractivity contribution in [1.29, 1.82) is 0 Å². The van der Waals surface area contributed by atoms with Gasteiger partial charge in [0.1, 0.15) is 5.75 Å². The number of benzene rings is 1. The Morgan fingerprint density at radius 2 is 2.16 bits per heavy atom. The van der Waals surface area contributed by atoms with E-state index in [0.717, 1.165) is 17.7 Å². The summed E-state index contributed by atoms with van der Waals surface area (Å²) in [6.45, 7) is 5.12. The highest BCUT2D eigenvalue weighted by Crippen LogP contribution is 2.27. The molecule has 1 amide bonds. The molecule has 0 saturated carbocycles. The summed E-state index contributed by atoms with van der Waals surface area (Å²) in [6.07, 6.45) is 2.16. The van der Waals surface area contributed by atoms with Gasteiger partial charge in [0.15, 0.2) is 5.82 Å². The van der Waals surface area contributed by atoms with Crippen LogP contribution in [0, 0.1) is 11.8 Å². The minimum atomic E-state index is -0.0873. The molecule has 0 saturated heterocycles. The number of amides is 1. The first kappa shape index (κ1) is 17.5. The molecule has 0 N–H and O–H groups in total. The van der Waals surface area contributed by atoms with E-state index >= 15 is 0 Å². The second-order valence-electron chi connectivity index (χ2n) is 7.04. The van der Waals surface area contributed by atoms with Crippen LogP contribution < -0.4 is 4.74 Å². The van der Waals surface area contributed by atoms with Crippen molar-refractivity contribution in [2.45, 2.75) is 39.7 Å². The molecule has 2 heterocycles. The summed E-state index contributed by atoms with van der Waals surface area (Å²) >= 11 is 0. The van der Waals surface area contributed by atoms with Crippen molar-refractivity contribution >= 4 is 5.91 Å². The second kappa shape index (κ2) is 7.68. The number of fused-ring (bicyclic) bond motifs is 1. The first-order chi connectivity index (χ1) is 12.0. The summed E-state index contributed by atoms with van der Waals surface area (Å²) in [5.41, 5.74) is 1.09. The van der Waals surface area contributed by atoms with Crippen LogP contribution in [0.3, 0.4) is 0 Å². The number of carbonyl (C=O) groups is 1. The van der Waals surface area contributed by atoms with Crippen molar-refractivity contribution in [1.82, 2.24) is 15.0 Å². The number of hydrogen-bond acceptors (Lipinski definition) is 5. The maximum Gasteiger partial charge on any atom is 0.226 e. The van der Waals surface area contributed by atoms with Gasteiger partial charge in [-0.2, -0.15) is 4.98 Å². The smallest absolute Gasteiger partial charge is 0.226 e. The summed E-state index contributed by atoms with van der Waals surface area (Å²) in [6, 6.07) is 7.92. The molecule has 0 aliphatic carbocycles. The third-order valence-corrected chi connectivity index (χ3v) is 4.36. The molecule has 0 spiro atoms. The van der Waals surface area contributed by atoms with Gasteiger partial charge in [0.05, 0.1) is 13.2 Å². The number of hydrogen-bond donors (Lipinski definition) is 0. The third kappa shape index (κ3) is 4.38. The van der Waals surface area contributed by atoms with Gasteiger partial charge in [-0.25, -0.2) is 0 Å². The Morgan fingerprint density at radius 1 is 1.36 bits per heavy atom. The second-order valence-corrected chi connectivity index (χ2v) is 7.04. The van der Waals surface area contributed by atoms with E-state index in [9.17, 15) is 4.79 Å². The van der Waals surface area contributed by atoms with Gasteiger partial charge in [-0.15, -0.1) is 0 Å². The molecular weight excluding hydrogens is 318 g/mol. The molecule has 0 radical (unpaired) electrons. The maximum absolute atomic E-state index is 12.8. The van der Waals surface area contributed by atoms with Crippen molar-refractivity contribution in [3.8, 4) is 5.75 Å². The lowest BCUT2D eigenvalue weighted by molar-refractivity contribution is -0.135. The third-order valence-electron chi connectivity index (χ3n) is 4.36. The fourth-order valence-corrected chi connectivity index (χ4v) is 3.09. The van der Waals surface area contributed by atoms with Gasteiger partial charge in [0.25, 0.3) is 0 Å². The van der Waals surface area contributed by atoms with Gasteiger partial charge < -0.3 is 14.2 Å². The fraction of sp³-hybridized carbons (Fsp3) is 0.526. The first-order valence-electron chi connectivity index (χ1n) is 8.80. The van der Waals surface area contributed by atoms with Gasteiger partial charge in [0.2, 0.25) is 11.8 Å². The minimum absolute atomic E-state index is 0.0873. The molecule has 25 heavy (non-hydrogen) atoms. The molecule has 1 aromatic heterocycles. The molecule has 0 bridgehead atoms. The molecule has 6 nitrogen and oxygen atoms in total. The van der Waals surface area contributed by atoms with Gasteiger partial charge in [-0.3, -0.25) is 4.79 Å². The highest BCUT2D eigenvalue weighted by atomic mass is 16.5. The van der Waals surface area contributed by atoms with E-state index in [4.69, 9.17) is 9.26 Å². The summed E-state index contributed by atoms with van der Waals surface area (Å²) in [5, 5.41) is 3.99. The fourth-order valence-electron chi connectivity index (χ4n) is 3.09. The Balaban J connectivity index is 1.63. The van der Waals surface area contributed by atoms with Gasteiger partial charge in [-0.05, 0) is 30.4 Å². The zero-order valence-electron chi connectivity index (χ0n) is 15.1. The van der Waals surface area contributed by atoms with Crippen LogP contribution in [0.4, 0.5) is 0 Å². The maximum atomic E-state index is 12.8. The number of para-hydroxylation sites is 1. The monoisotopic (exact) mass is 343 g/mol. The molecule has 6 heteroatoms. The summed E-state index contributed by atoms with van der Waals surface area (Å²) in [7, 11) is 1.79. The molecule has 2 aromatic rings. The zero-order valence-corrected chi connectivity index (χ0v) is 15.1. The number of rotatable bonds is 5. The highest BCUT2D eigenvalue weighted by Gasteiger charge is 2.27. The van der Waals surface area contributed by atoms with Crippen LogP contribution >= 0.6 is 0 Å². The van der Waals surface area contributed by atoms with Crippen LogP contribution in [0.5, 0.6) is 5.75 Å². The Kier molecular flexibility index (Phi) is 5.36. The number of ether oxygens (including phenoxy) is 1. The molecule has 1 aliphatic rings. The van der Waals surface area contributed by atoms with E-state index in [-0.39, 0.29) is 11.8 Å². The lowest BCUT2D eigenvalue weighted by atomic mass is 9.95. The van der Waals surface area contributed by atoms with E-state index in [1.807, 2.05) is 24.3 Å². The Hall–Kier alpha value is -2.37. The van der Waals surface area contributed by atoms with E-state index in [2.05, 4.69) is 24.0 Å². The Morgan fingerprint density at radius 3 is 2.96 bits per heavy atom. The Labute approximate surface area is 148 Å². The van der Waals surface area contributed by atoms with Crippen molar-refractivity contribution in [2.75, 3.05) is 13.7 Å². The van der Waals surface area contributed by atoms with E-state index in [1.165, 1.54) is 0 Å². The van der Waals surface area contributed by atoms with Crippen molar-refractivity contribution in [3.05, 3.63) is 41.5 Å². The van der Waals surface area contributed by atoms with Crippen LogP contribution in [0.1, 0.15) is 37.5 Å². The zero-order chi connectivity index (χ0) is 17.8. The standard InChI is InChI=1S/C19H25N3O3/c1-13(2)10-18-20-17(21-25-18)12-22(3)19(23)15-8-9-24-16-7-5-4-6-14(16)11-15/h4-7,13,15H,8-12H2,1-3H3. The molecule has 1 atom stereocenters. The lowest BCUT2D eigenvalue weighted by Crippen LogP contribution is -2.34. The topological polar surface area (TPSA) is 68.5 Å². The number of carbonyl (C=O) groups excluding carboxylic acids is 1. The van der Waals surface area contributed by atoms with Crippen LogP contribution in [0.25, 0.3) is 0 Å². The number of nitrogens with zero attached hydrogens (tertiary/aromatic N) is 3. The quantitative estimate of drug-likeness (QED) is 0.835. The predicted octanol–water partition coefficient (Wildman–Crippen LogP) is 2.87. The largest absolute Gasteiger partial charge is 0.493 e. The molecule has 1 aromatic carbocycles. The normalized spacial score (nSPS) is 16.9. The van der Waals surface area contributed by atoms with Crippen LogP contribution in [0.2, 0.25) is 0 Å². The average Bonchev–Trinajstić information content (AvgIpc) is 2.89. The van der Waals surface area contributed by atoms with Gasteiger partial charge in [0, 0.05) is 19.4 Å². The molecule has 1 aliphatic heterocycles. The molecule has 0 fully saturated rings. The molecule has 134 valence electrons. The Bertz CT molecular complexity index is 726.